The first kappa shape index (κ1) is 25.3. The Hall–Kier alpha value is -3.03. The number of rotatable bonds is 5. The number of primary amides is 1. The number of fused-ring (bicyclic) bond motifs is 3. The number of ether oxygens (including phenoxy) is 1. The van der Waals surface area contributed by atoms with Crippen molar-refractivity contribution in [3.8, 4) is 0 Å². The molecule has 2 aromatic rings. The lowest BCUT2D eigenvalue weighted by molar-refractivity contribution is -0.0362. The molecule has 0 saturated carbocycles. The summed E-state index contributed by atoms with van der Waals surface area (Å²) >= 11 is 0. The van der Waals surface area contributed by atoms with Crippen LogP contribution in [-0.4, -0.2) is 66.5 Å². The van der Waals surface area contributed by atoms with Gasteiger partial charge in [-0.05, 0) is 66.1 Å². The number of hydrogen-bond donors (Lipinski definition) is 1. The van der Waals surface area contributed by atoms with Gasteiger partial charge >= 0.3 is 0 Å². The van der Waals surface area contributed by atoms with E-state index in [-0.39, 0.29) is 16.7 Å². The second kappa shape index (κ2) is 9.31. The van der Waals surface area contributed by atoms with Crippen LogP contribution in [-0.2, 0) is 16.6 Å². The first-order valence-electron chi connectivity index (χ1n) is 14.0. The third kappa shape index (κ3) is 3.90. The number of hydrogen-bond acceptors (Lipinski definition) is 6. The zero-order valence-corrected chi connectivity index (χ0v) is 22.8. The summed E-state index contributed by atoms with van der Waals surface area (Å²) in [7, 11) is 0. The van der Waals surface area contributed by atoms with E-state index in [0.29, 0.717) is 17.5 Å². The quantitative estimate of drug-likeness (QED) is 0.645. The molecule has 0 radical (unpaired) electrons. The monoisotopic (exact) mass is 514 g/mol. The maximum atomic E-state index is 13.8. The van der Waals surface area contributed by atoms with Crippen molar-refractivity contribution < 1.29 is 14.3 Å². The molecule has 2 saturated heterocycles. The van der Waals surface area contributed by atoms with Gasteiger partial charge in [0.05, 0.1) is 13.2 Å². The normalized spacial score (nSPS) is 22.2. The molecule has 38 heavy (non-hydrogen) atoms. The van der Waals surface area contributed by atoms with Gasteiger partial charge in [0, 0.05) is 60.0 Å². The lowest BCUT2D eigenvalue weighted by Gasteiger charge is -2.50. The van der Waals surface area contributed by atoms with Crippen LogP contribution in [0.2, 0.25) is 0 Å². The Kier molecular flexibility index (Phi) is 6.19. The highest BCUT2D eigenvalue weighted by molar-refractivity contribution is 6.33. The standard InChI is InChI=1S/C31H38N4O3/c1-4-7-31(35-12-14-38-15-13-35)8-10-34(11-9-31)26-18-24-23(19-33-26)28(36)27-22-6-5-20(29(32)37)16-21(22)17-25(27)30(24,2)3/h5-6,16,18-19H,4,7-15,17H2,1-3H3,(H2,32,37). The maximum absolute atomic E-state index is 13.8. The number of pyridine rings is 1. The molecule has 4 aliphatic rings. The van der Waals surface area contributed by atoms with Gasteiger partial charge in [-0.25, -0.2) is 4.98 Å². The minimum absolute atomic E-state index is 0.0341. The number of carbonyl (C=O) groups excluding carboxylic acids is 2. The van der Waals surface area contributed by atoms with Gasteiger partial charge in [0.2, 0.25) is 5.91 Å². The topological polar surface area (TPSA) is 88.8 Å². The van der Waals surface area contributed by atoms with Crippen LogP contribution in [0.1, 0.15) is 83.9 Å². The SMILES string of the molecule is CCCC1(N2CCOCC2)CCN(c2cc3c(cn2)C(=O)C2=C(Cc4cc(C(N)=O)ccc42)C3(C)C)CC1. The van der Waals surface area contributed by atoms with Crippen molar-refractivity contribution in [2.45, 2.75) is 63.8 Å². The van der Waals surface area contributed by atoms with Crippen molar-refractivity contribution in [1.82, 2.24) is 9.88 Å². The van der Waals surface area contributed by atoms with Gasteiger partial charge in [-0.2, -0.15) is 0 Å². The van der Waals surface area contributed by atoms with Crippen molar-refractivity contribution in [3.63, 3.8) is 0 Å². The van der Waals surface area contributed by atoms with E-state index in [1.54, 1.807) is 12.3 Å². The van der Waals surface area contributed by atoms with Gasteiger partial charge in [-0.1, -0.05) is 33.3 Å². The summed E-state index contributed by atoms with van der Waals surface area (Å²) in [5.41, 5.74) is 11.5. The summed E-state index contributed by atoms with van der Waals surface area (Å²) in [5.74, 6) is 0.553. The zero-order valence-electron chi connectivity index (χ0n) is 22.8. The molecule has 3 heterocycles. The number of piperidine rings is 1. The molecule has 7 nitrogen and oxygen atoms in total. The van der Waals surface area contributed by atoms with Crippen LogP contribution < -0.4 is 10.6 Å². The minimum Gasteiger partial charge on any atom is -0.379 e. The molecule has 0 spiro atoms. The van der Waals surface area contributed by atoms with E-state index in [0.717, 1.165) is 85.9 Å². The van der Waals surface area contributed by atoms with E-state index >= 15 is 0 Å². The fourth-order valence-corrected chi connectivity index (χ4v) is 7.36. The molecule has 0 atom stereocenters. The summed E-state index contributed by atoms with van der Waals surface area (Å²) in [6.07, 6.45) is 7.10. The number of nitrogens with zero attached hydrogens (tertiary/aromatic N) is 3. The number of anilines is 1. The molecular formula is C31H38N4O3. The van der Waals surface area contributed by atoms with E-state index in [4.69, 9.17) is 15.5 Å². The molecule has 1 amide bonds. The van der Waals surface area contributed by atoms with Crippen LogP contribution in [0, 0.1) is 0 Å². The summed E-state index contributed by atoms with van der Waals surface area (Å²) in [6, 6.07) is 7.61. The predicted octanol–water partition coefficient (Wildman–Crippen LogP) is 4.14. The Labute approximate surface area is 225 Å². The average Bonchev–Trinajstić information content (AvgIpc) is 3.33. The Morgan fingerprint density at radius 3 is 2.50 bits per heavy atom. The third-order valence-electron chi connectivity index (χ3n) is 9.53. The van der Waals surface area contributed by atoms with Crippen LogP contribution in [0.15, 0.2) is 36.0 Å². The number of aromatic nitrogens is 1. The van der Waals surface area contributed by atoms with E-state index in [2.05, 4.69) is 36.6 Å². The van der Waals surface area contributed by atoms with Gasteiger partial charge in [0.25, 0.3) is 0 Å². The predicted molar refractivity (Wildman–Crippen MR) is 149 cm³/mol. The van der Waals surface area contributed by atoms with Crippen molar-refractivity contribution in [2.75, 3.05) is 44.3 Å². The van der Waals surface area contributed by atoms with Crippen LogP contribution >= 0.6 is 0 Å². The van der Waals surface area contributed by atoms with Crippen molar-refractivity contribution >= 4 is 23.1 Å². The molecule has 1 aromatic heterocycles. The largest absolute Gasteiger partial charge is 0.379 e. The Bertz CT molecular complexity index is 1330. The van der Waals surface area contributed by atoms with Gasteiger partial charge in [0.15, 0.2) is 5.78 Å². The van der Waals surface area contributed by atoms with E-state index in [1.165, 1.54) is 12.8 Å². The second-order valence-corrected chi connectivity index (χ2v) is 11.9. The molecule has 0 unspecified atom stereocenters. The Morgan fingerprint density at radius 1 is 1.08 bits per heavy atom. The highest BCUT2D eigenvalue weighted by Crippen LogP contribution is 2.50. The average molecular weight is 515 g/mol. The van der Waals surface area contributed by atoms with Crippen LogP contribution in [0.4, 0.5) is 5.82 Å². The molecular weight excluding hydrogens is 476 g/mol. The number of benzene rings is 1. The van der Waals surface area contributed by atoms with E-state index < -0.39 is 5.91 Å². The second-order valence-electron chi connectivity index (χ2n) is 11.9. The van der Waals surface area contributed by atoms with Crippen molar-refractivity contribution in [2.24, 2.45) is 5.73 Å². The fraction of sp³-hybridized carbons (Fsp3) is 0.516. The van der Waals surface area contributed by atoms with E-state index in [1.807, 2.05) is 12.1 Å². The molecule has 0 bridgehead atoms. The Balaban J connectivity index is 1.27. The molecule has 2 aliphatic carbocycles. The lowest BCUT2D eigenvalue weighted by Crippen LogP contribution is -2.58. The van der Waals surface area contributed by atoms with Crippen molar-refractivity contribution in [1.29, 1.82) is 0 Å². The number of carbonyl (C=O) groups is 2. The smallest absolute Gasteiger partial charge is 0.248 e. The number of amides is 1. The summed E-state index contributed by atoms with van der Waals surface area (Å²) < 4.78 is 5.64. The van der Waals surface area contributed by atoms with Gasteiger partial charge < -0.3 is 15.4 Å². The molecule has 2 aliphatic heterocycles. The van der Waals surface area contributed by atoms with Crippen LogP contribution in [0.3, 0.4) is 0 Å². The van der Waals surface area contributed by atoms with Crippen LogP contribution in [0.25, 0.3) is 5.57 Å². The fourth-order valence-electron chi connectivity index (χ4n) is 7.36. The maximum Gasteiger partial charge on any atom is 0.248 e. The van der Waals surface area contributed by atoms with Crippen LogP contribution in [0.5, 0.6) is 0 Å². The first-order chi connectivity index (χ1) is 18.2. The number of Topliss-reactive ketones (excluding diaryl/α,β-unsaturated/α-hetero) is 1. The van der Waals surface area contributed by atoms with Gasteiger partial charge in [-0.15, -0.1) is 0 Å². The highest BCUT2D eigenvalue weighted by atomic mass is 16.5. The number of nitrogens with two attached hydrogens (primary N) is 1. The molecule has 2 N–H and O–H groups in total. The number of ketones is 1. The van der Waals surface area contributed by atoms with Gasteiger partial charge in [0.1, 0.15) is 5.82 Å². The molecule has 1 aromatic carbocycles. The van der Waals surface area contributed by atoms with Gasteiger partial charge in [-0.3, -0.25) is 14.5 Å². The lowest BCUT2D eigenvalue weighted by atomic mass is 9.69. The summed E-state index contributed by atoms with van der Waals surface area (Å²) in [4.78, 5) is 35.4. The number of morpholine rings is 1. The molecule has 2 fully saturated rings. The molecule has 200 valence electrons. The highest BCUT2D eigenvalue weighted by Gasteiger charge is 2.44. The first-order valence-corrected chi connectivity index (χ1v) is 14.0. The zero-order chi connectivity index (χ0) is 26.7. The number of allylic oxidation sites excluding steroid dienone is 2. The summed E-state index contributed by atoms with van der Waals surface area (Å²) in [6.45, 7) is 12.3. The Morgan fingerprint density at radius 2 is 1.82 bits per heavy atom. The third-order valence-corrected chi connectivity index (χ3v) is 9.53. The van der Waals surface area contributed by atoms with Crippen molar-refractivity contribution in [3.05, 3.63) is 63.9 Å². The minimum atomic E-state index is -0.446. The molecule has 6 rings (SSSR count). The summed E-state index contributed by atoms with van der Waals surface area (Å²) in [5, 5.41) is 0. The van der Waals surface area contributed by atoms with E-state index in [9.17, 15) is 9.59 Å². The molecule has 7 heteroatoms.